The van der Waals surface area contributed by atoms with Crippen molar-refractivity contribution in [3.63, 3.8) is 0 Å². The van der Waals surface area contributed by atoms with Crippen LogP contribution in [-0.4, -0.2) is 6.04 Å². The third-order valence-electron chi connectivity index (χ3n) is 2.25. The SMILES string of the molecule is C=C(C)[C@@H](N)CCCCCCC. The predicted molar refractivity (Wildman–Crippen MR) is 56.2 cm³/mol. The lowest BCUT2D eigenvalue weighted by atomic mass is 10.0. The Hall–Kier alpha value is -0.300. The van der Waals surface area contributed by atoms with E-state index in [1.165, 1.54) is 32.1 Å². The summed E-state index contributed by atoms with van der Waals surface area (Å²) in [7, 11) is 0. The summed E-state index contributed by atoms with van der Waals surface area (Å²) in [5.41, 5.74) is 6.95. The first-order valence-electron chi connectivity index (χ1n) is 5.09. The van der Waals surface area contributed by atoms with Gasteiger partial charge < -0.3 is 5.73 Å². The van der Waals surface area contributed by atoms with Crippen molar-refractivity contribution in [1.29, 1.82) is 0 Å². The van der Waals surface area contributed by atoms with Crippen molar-refractivity contribution in [1.82, 2.24) is 0 Å². The molecule has 0 spiro atoms. The molecule has 0 aromatic heterocycles. The first-order valence-corrected chi connectivity index (χ1v) is 5.09. The van der Waals surface area contributed by atoms with Gasteiger partial charge in [-0.15, -0.1) is 0 Å². The largest absolute Gasteiger partial charge is 0.324 e. The Morgan fingerprint density at radius 1 is 1.25 bits per heavy atom. The van der Waals surface area contributed by atoms with Gasteiger partial charge in [-0.3, -0.25) is 0 Å². The zero-order valence-electron chi connectivity index (χ0n) is 8.60. The van der Waals surface area contributed by atoms with Crippen molar-refractivity contribution in [3.8, 4) is 0 Å². The summed E-state index contributed by atoms with van der Waals surface area (Å²) in [5, 5.41) is 0. The Balaban J connectivity index is 3.14. The molecule has 0 bridgehead atoms. The minimum absolute atomic E-state index is 0.228. The maximum absolute atomic E-state index is 5.83. The van der Waals surface area contributed by atoms with Crippen LogP contribution in [0, 0.1) is 0 Å². The molecule has 0 amide bonds. The number of nitrogens with two attached hydrogens (primary N) is 1. The second-order valence-electron chi connectivity index (χ2n) is 3.66. The van der Waals surface area contributed by atoms with Crippen molar-refractivity contribution in [3.05, 3.63) is 12.2 Å². The van der Waals surface area contributed by atoms with Crippen LogP contribution in [0.25, 0.3) is 0 Å². The van der Waals surface area contributed by atoms with Crippen molar-refractivity contribution in [2.24, 2.45) is 5.73 Å². The van der Waals surface area contributed by atoms with Gasteiger partial charge >= 0.3 is 0 Å². The molecular weight excluding hydrogens is 146 g/mol. The summed E-state index contributed by atoms with van der Waals surface area (Å²) >= 11 is 0. The van der Waals surface area contributed by atoms with Crippen LogP contribution in [0.15, 0.2) is 12.2 Å². The van der Waals surface area contributed by atoms with Gasteiger partial charge in [0, 0.05) is 6.04 Å². The van der Waals surface area contributed by atoms with E-state index in [1.807, 2.05) is 6.92 Å². The van der Waals surface area contributed by atoms with Crippen LogP contribution in [0.3, 0.4) is 0 Å². The lowest BCUT2D eigenvalue weighted by Gasteiger charge is -2.10. The molecule has 0 saturated carbocycles. The molecule has 2 N–H and O–H groups in total. The third kappa shape index (κ3) is 6.41. The van der Waals surface area contributed by atoms with Crippen LogP contribution < -0.4 is 5.73 Å². The first kappa shape index (κ1) is 11.7. The zero-order valence-corrected chi connectivity index (χ0v) is 8.60. The fraction of sp³-hybridized carbons (Fsp3) is 0.818. The third-order valence-corrected chi connectivity index (χ3v) is 2.25. The highest BCUT2D eigenvalue weighted by atomic mass is 14.6. The topological polar surface area (TPSA) is 26.0 Å². The summed E-state index contributed by atoms with van der Waals surface area (Å²) in [6.07, 6.45) is 7.73. The molecule has 0 radical (unpaired) electrons. The van der Waals surface area contributed by atoms with Crippen LogP contribution in [0.1, 0.15) is 52.4 Å². The molecule has 0 aromatic carbocycles. The standard InChI is InChI=1S/C11H23N/c1-4-5-6-7-8-9-11(12)10(2)3/h11H,2,4-9,12H2,1,3H3/t11-/m0/s1. The Morgan fingerprint density at radius 3 is 2.33 bits per heavy atom. The van der Waals surface area contributed by atoms with E-state index < -0.39 is 0 Å². The molecule has 12 heavy (non-hydrogen) atoms. The lowest BCUT2D eigenvalue weighted by molar-refractivity contribution is 0.573. The zero-order chi connectivity index (χ0) is 9.40. The number of rotatable bonds is 7. The number of hydrogen-bond acceptors (Lipinski definition) is 1. The summed E-state index contributed by atoms with van der Waals surface area (Å²) in [6, 6.07) is 0.228. The molecular formula is C11H23N. The Kier molecular flexibility index (Phi) is 7.17. The van der Waals surface area contributed by atoms with E-state index in [1.54, 1.807) is 0 Å². The van der Waals surface area contributed by atoms with Gasteiger partial charge in [-0.05, 0) is 13.3 Å². The minimum Gasteiger partial charge on any atom is -0.324 e. The van der Waals surface area contributed by atoms with E-state index in [0.717, 1.165) is 12.0 Å². The van der Waals surface area contributed by atoms with Crippen molar-refractivity contribution < 1.29 is 0 Å². The fourth-order valence-corrected chi connectivity index (χ4v) is 1.21. The van der Waals surface area contributed by atoms with Gasteiger partial charge in [-0.2, -0.15) is 0 Å². The van der Waals surface area contributed by atoms with Crippen LogP contribution in [-0.2, 0) is 0 Å². The second-order valence-corrected chi connectivity index (χ2v) is 3.66. The molecule has 0 fully saturated rings. The van der Waals surface area contributed by atoms with Crippen molar-refractivity contribution in [2.75, 3.05) is 0 Å². The van der Waals surface area contributed by atoms with Crippen molar-refractivity contribution in [2.45, 2.75) is 58.4 Å². The van der Waals surface area contributed by atoms with Gasteiger partial charge in [-0.1, -0.05) is 51.2 Å². The normalized spacial score (nSPS) is 12.9. The van der Waals surface area contributed by atoms with Crippen molar-refractivity contribution >= 4 is 0 Å². The lowest BCUT2D eigenvalue weighted by Crippen LogP contribution is -2.20. The van der Waals surface area contributed by atoms with Gasteiger partial charge in [0.05, 0.1) is 0 Å². The maximum atomic E-state index is 5.83. The summed E-state index contributed by atoms with van der Waals surface area (Å²) < 4.78 is 0. The first-order chi connectivity index (χ1) is 5.68. The van der Waals surface area contributed by atoms with Gasteiger partial charge in [-0.25, -0.2) is 0 Å². The van der Waals surface area contributed by atoms with Gasteiger partial charge in [0.1, 0.15) is 0 Å². The Morgan fingerprint density at radius 2 is 1.83 bits per heavy atom. The summed E-state index contributed by atoms with van der Waals surface area (Å²) in [4.78, 5) is 0. The van der Waals surface area contributed by atoms with E-state index in [0.29, 0.717) is 0 Å². The van der Waals surface area contributed by atoms with Crippen LogP contribution in [0.2, 0.25) is 0 Å². The Bertz CT molecular complexity index is 118. The fourth-order valence-electron chi connectivity index (χ4n) is 1.21. The number of hydrogen-bond donors (Lipinski definition) is 1. The molecule has 1 heteroatoms. The molecule has 0 saturated heterocycles. The second kappa shape index (κ2) is 7.35. The van der Waals surface area contributed by atoms with E-state index >= 15 is 0 Å². The smallest absolute Gasteiger partial charge is 0.0248 e. The molecule has 1 atom stereocenters. The molecule has 0 aromatic rings. The molecule has 0 aliphatic rings. The van der Waals surface area contributed by atoms with E-state index in [9.17, 15) is 0 Å². The molecule has 0 heterocycles. The van der Waals surface area contributed by atoms with Crippen LogP contribution in [0.5, 0.6) is 0 Å². The highest BCUT2D eigenvalue weighted by Crippen LogP contribution is 2.09. The van der Waals surface area contributed by atoms with Gasteiger partial charge in [0.25, 0.3) is 0 Å². The van der Waals surface area contributed by atoms with Crippen LogP contribution >= 0.6 is 0 Å². The van der Waals surface area contributed by atoms with E-state index in [-0.39, 0.29) is 6.04 Å². The predicted octanol–water partition coefficient (Wildman–Crippen LogP) is 3.25. The quantitative estimate of drug-likeness (QED) is 0.459. The monoisotopic (exact) mass is 169 g/mol. The maximum Gasteiger partial charge on any atom is 0.0248 e. The van der Waals surface area contributed by atoms with Gasteiger partial charge in [0.15, 0.2) is 0 Å². The Labute approximate surface area is 77.0 Å². The molecule has 72 valence electrons. The highest BCUT2D eigenvalue weighted by molar-refractivity contribution is 4.99. The van der Waals surface area contributed by atoms with Crippen LogP contribution in [0.4, 0.5) is 0 Å². The van der Waals surface area contributed by atoms with Gasteiger partial charge in [0.2, 0.25) is 0 Å². The minimum atomic E-state index is 0.228. The van der Waals surface area contributed by atoms with E-state index in [2.05, 4.69) is 13.5 Å². The molecule has 1 nitrogen and oxygen atoms in total. The average Bonchev–Trinajstić information content (AvgIpc) is 2.03. The molecule has 0 unspecified atom stereocenters. The summed E-state index contributed by atoms with van der Waals surface area (Å²) in [6.45, 7) is 8.09. The summed E-state index contributed by atoms with van der Waals surface area (Å²) in [5.74, 6) is 0. The molecule has 0 aliphatic carbocycles. The highest BCUT2D eigenvalue weighted by Gasteiger charge is 2.01. The molecule has 0 rings (SSSR count). The number of unbranched alkanes of at least 4 members (excludes halogenated alkanes) is 4. The van der Waals surface area contributed by atoms with E-state index in [4.69, 9.17) is 5.73 Å². The molecule has 0 aliphatic heterocycles. The average molecular weight is 169 g/mol.